The molecule has 3 atom stereocenters. The zero-order chi connectivity index (χ0) is 19.6. The standard InChI is InChI=1S/C20H26N2O5/c1-4-6-12-9-13(15(24)10-14(12)23)19-18(11(3)21-22-19)16-7-8-17(27-16)20(25)26-5-2/h7-11,18-19,21-24H,4-6H2,1-3H3. The number of hydrogen-bond donors (Lipinski definition) is 4. The van der Waals surface area contributed by atoms with E-state index in [4.69, 9.17) is 9.15 Å². The van der Waals surface area contributed by atoms with Crippen LogP contribution in [0.2, 0.25) is 0 Å². The predicted octanol–water partition coefficient (Wildman–Crippen LogP) is 3.14. The van der Waals surface area contributed by atoms with Gasteiger partial charge in [0.05, 0.1) is 18.6 Å². The smallest absolute Gasteiger partial charge is 0.374 e. The van der Waals surface area contributed by atoms with Gasteiger partial charge in [0.2, 0.25) is 5.76 Å². The van der Waals surface area contributed by atoms with Crippen LogP contribution in [0.5, 0.6) is 11.5 Å². The highest BCUT2D eigenvalue weighted by Crippen LogP contribution is 2.42. The van der Waals surface area contributed by atoms with Gasteiger partial charge in [0.25, 0.3) is 0 Å². The summed E-state index contributed by atoms with van der Waals surface area (Å²) in [6.07, 6.45) is 1.60. The van der Waals surface area contributed by atoms with E-state index in [0.717, 1.165) is 12.0 Å². The number of carbonyl (C=O) groups excluding carboxylic acids is 1. The van der Waals surface area contributed by atoms with Crippen LogP contribution in [0, 0.1) is 0 Å². The van der Waals surface area contributed by atoms with Gasteiger partial charge in [-0.3, -0.25) is 5.43 Å². The molecule has 0 radical (unpaired) electrons. The van der Waals surface area contributed by atoms with E-state index in [1.807, 2.05) is 19.9 Å². The normalized spacial score (nSPS) is 22.1. The van der Waals surface area contributed by atoms with Gasteiger partial charge in [-0.2, -0.15) is 0 Å². The maximum absolute atomic E-state index is 11.9. The summed E-state index contributed by atoms with van der Waals surface area (Å²) in [4.78, 5) is 11.9. The summed E-state index contributed by atoms with van der Waals surface area (Å²) >= 11 is 0. The molecule has 1 aromatic heterocycles. The van der Waals surface area contributed by atoms with Crippen LogP contribution in [0.15, 0.2) is 28.7 Å². The van der Waals surface area contributed by atoms with Crippen molar-refractivity contribution in [2.45, 2.75) is 51.6 Å². The maximum Gasteiger partial charge on any atom is 0.374 e. The molecule has 2 aromatic rings. The Labute approximate surface area is 158 Å². The molecule has 0 saturated carbocycles. The van der Waals surface area contributed by atoms with Crippen molar-refractivity contribution in [3.8, 4) is 11.5 Å². The third-order valence-electron chi connectivity index (χ3n) is 4.88. The Balaban J connectivity index is 1.94. The second-order valence-electron chi connectivity index (χ2n) is 6.79. The molecule has 1 fully saturated rings. The molecule has 1 aliphatic heterocycles. The second kappa shape index (κ2) is 8.02. The maximum atomic E-state index is 11.9. The average Bonchev–Trinajstić information content (AvgIpc) is 3.24. The Morgan fingerprint density at radius 2 is 1.96 bits per heavy atom. The first-order valence-corrected chi connectivity index (χ1v) is 9.28. The van der Waals surface area contributed by atoms with Crippen LogP contribution in [-0.2, 0) is 11.2 Å². The molecule has 27 heavy (non-hydrogen) atoms. The van der Waals surface area contributed by atoms with E-state index in [-0.39, 0.29) is 41.9 Å². The Hall–Kier alpha value is -2.51. The molecular weight excluding hydrogens is 348 g/mol. The summed E-state index contributed by atoms with van der Waals surface area (Å²) in [6, 6.07) is 6.30. The molecule has 0 spiro atoms. The molecule has 2 heterocycles. The SMILES string of the molecule is CCCc1cc(C2NNC(C)C2c2ccc(C(=O)OCC)o2)c(O)cc1O. The van der Waals surface area contributed by atoms with Gasteiger partial charge in [-0.25, -0.2) is 10.2 Å². The Kier molecular flexibility index (Phi) is 5.72. The molecule has 1 aliphatic rings. The number of furan rings is 1. The van der Waals surface area contributed by atoms with E-state index in [9.17, 15) is 15.0 Å². The van der Waals surface area contributed by atoms with Crippen LogP contribution in [-0.4, -0.2) is 28.8 Å². The lowest BCUT2D eigenvalue weighted by Crippen LogP contribution is -2.29. The molecule has 0 bridgehead atoms. The molecular formula is C20H26N2O5. The molecule has 3 rings (SSSR count). The molecule has 146 valence electrons. The molecule has 1 saturated heterocycles. The fraction of sp³-hybridized carbons (Fsp3) is 0.450. The molecule has 7 nitrogen and oxygen atoms in total. The lowest BCUT2D eigenvalue weighted by atomic mass is 9.86. The van der Waals surface area contributed by atoms with Crippen molar-refractivity contribution in [3.05, 3.63) is 46.9 Å². The summed E-state index contributed by atoms with van der Waals surface area (Å²) < 4.78 is 10.7. The average molecular weight is 374 g/mol. The fourth-order valence-corrected chi connectivity index (χ4v) is 3.58. The van der Waals surface area contributed by atoms with Gasteiger partial charge in [-0.05, 0) is 44.0 Å². The third-order valence-corrected chi connectivity index (χ3v) is 4.88. The van der Waals surface area contributed by atoms with Crippen LogP contribution >= 0.6 is 0 Å². The number of phenols is 2. The summed E-state index contributed by atoms with van der Waals surface area (Å²) in [5.41, 5.74) is 7.83. The number of nitrogens with one attached hydrogen (secondary N) is 2. The van der Waals surface area contributed by atoms with Gasteiger partial charge in [0.1, 0.15) is 17.3 Å². The van der Waals surface area contributed by atoms with Crippen molar-refractivity contribution in [1.29, 1.82) is 0 Å². The monoisotopic (exact) mass is 374 g/mol. The first-order valence-electron chi connectivity index (χ1n) is 9.28. The summed E-state index contributed by atoms with van der Waals surface area (Å²) in [5.74, 6) is 0.241. The zero-order valence-corrected chi connectivity index (χ0v) is 15.8. The minimum absolute atomic E-state index is 0.000904. The summed E-state index contributed by atoms with van der Waals surface area (Å²) in [7, 11) is 0. The van der Waals surface area contributed by atoms with E-state index in [0.29, 0.717) is 17.7 Å². The second-order valence-corrected chi connectivity index (χ2v) is 6.79. The van der Waals surface area contributed by atoms with Gasteiger partial charge in [0, 0.05) is 17.7 Å². The molecule has 0 aliphatic carbocycles. The highest BCUT2D eigenvalue weighted by molar-refractivity contribution is 5.86. The number of esters is 1. The van der Waals surface area contributed by atoms with Crippen LogP contribution in [0.3, 0.4) is 0 Å². The van der Waals surface area contributed by atoms with Crippen molar-refractivity contribution < 1.29 is 24.2 Å². The molecule has 0 amide bonds. The largest absolute Gasteiger partial charge is 0.508 e. The number of phenolic OH excluding ortho intramolecular Hbond substituents is 2. The molecule has 7 heteroatoms. The zero-order valence-electron chi connectivity index (χ0n) is 15.8. The number of hydrogen-bond acceptors (Lipinski definition) is 7. The van der Waals surface area contributed by atoms with Crippen LogP contribution in [0.25, 0.3) is 0 Å². The highest BCUT2D eigenvalue weighted by Gasteiger charge is 2.39. The van der Waals surface area contributed by atoms with Gasteiger partial charge in [-0.15, -0.1) is 0 Å². The highest BCUT2D eigenvalue weighted by atomic mass is 16.5. The first kappa shape index (κ1) is 19.3. The van der Waals surface area contributed by atoms with Gasteiger partial charge in [0.15, 0.2) is 0 Å². The van der Waals surface area contributed by atoms with Crippen molar-refractivity contribution in [2.24, 2.45) is 0 Å². The minimum atomic E-state index is -0.496. The lowest BCUT2D eigenvalue weighted by Gasteiger charge is -2.21. The molecule has 4 N–H and O–H groups in total. The summed E-state index contributed by atoms with van der Waals surface area (Å²) in [6.45, 7) is 6.05. The Morgan fingerprint density at radius 3 is 2.67 bits per heavy atom. The third kappa shape index (κ3) is 3.79. The summed E-state index contributed by atoms with van der Waals surface area (Å²) in [5, 5.41) is 20.5. The number of carbonyl (C=O) groups is 1. The van der Waals surface area contributed by atoms with E-state index < -0.39 is 5.97 Å². The number of hydrazine groups is 1. The quantitative estimate of drug-likeness (QED) is 0.576. The number of rotatable bonds is 6. The molecule has 3 unspecified atom stereocenters. The van der Waals surface area contributed by atoms with Crippen molar-refractivity contribution in [3.63, 3.8) is 0 Å². The number of benzene rings is 1. The number of aromatic hydroxyl groups is 2. The van der Waals surface area contributed by atoms with E-state index >= 15 is 0 Å². The van der Waals surface area contributed by atoms with Gasteiger partial charge >= 0.3 is 5.97 Å². The number of ether oxygens (including phenoxy) is 1. The minimum Gasteiger partial charge on any atom is -0.508 e. The number of aryl methyl sites for hydroxylation is 1. The van der Waals surface area contributed by atoms with Crippen LogP contribution in [0.1, 0.15) is 66.6 Å². The van der Waals surface area contributed by atoms with Crippen LogP contribution < -0.4 is 10.9 Å². The van der Waals surface area contributed by atoms with E-state index in [2.05, 4.69) is 10.9 Å². The Morgan fingerprint density at radius 1 is 1.19 bits per heavy atom. The molecule has 1 aromatic carbocycles. The van der Waals surface area contributed by atoms with Crippen LogP contribution in [0.4, 0.5) is 0 Å². The van der Waals surface area contributed by atoms with Crippen molar-refractivity contribution in [1.82, 2.24) is 10.9 Å². The van der Waals surface area contributed by atoms with Gasteiger partial charge < -0.3 is 19.4 Å². The lowest BCUT2D eigenvalue weighted by molar-refractivity contribution is 0.0487. The van der Waals surface area contributed by atoms with Gasteiger partial charge in [-0.1, -0.05) is 13.3 Å². The topological polar surface area (TPSA) is 104 Å². The van der Waals surface area contributed by atoms with Crippen molar-refractivity contribution in [2.75, 3.05) is 6.61 Å². The Bertz CT molecular complexity index is 817. The predicted molar refractivity (Wildman–Crippen MR) is 99.6 cm³/mol. The first-order chi connectivity index (χ1) is 13.0. The fourth-order valence-electron chi connectivity index (χ4n) is 3.58. The van der Waals surface area contributed by atoms with E-state index in [1.54, 1.807) is 19.1 Å². The van der Waals surface area contributed by atoms with E-state index in [1.165, 1.54) is 6.07 Å². The van der Waals surface area contributed by atoms with Crippen molar-refractivity contribution >= 4 is 5.97 Å².